The Morgan fingerprint density at radius 2 is 1.95 bits per heavy atom. The first-order valence-electron chi connectivity index (χ1n) is 6.01. The van der Waals surface area contributed by atoms with Crippen LogP contribution in [-0.4, -0.2) is 5.11 Å². The third kappa shape index (κ3) is 3.63. The van der Waals surface area contributed by atoms with Gasteiger partial charge in [0.15, 0.2) is 0 Å². The Morgan fingerprint density at radius 1 is 1.20 bits per heavy atom. The maximum Gasteiger partial charge on any atom is 0.125 e. The molecule has 0 heterocycles. The number of aliphatic hydroxyl groups is 1. The maximum atomic E-state index is 13.0. The molecule has 20 heavy (non-hydrogen) atoms. The van der Waals surface area contributed by atoms with Crippen molar-refractivity contribution in [3.63, 3.8) is 0 Å². The molecule has 2 rings (SSSR count). The molecule has 106 valence electrons. The molecule has 0 fully saturated rings. The number of halogens is 3. The van der Waals surface area contributed by atoms with E-state index in [1.807, 2.05) is 0 Å². The van der Waals surface area contributed by atoms with E-state index < -0.39 is 11.9 Å². The Bertz CT molecular complexity index is 615. The Morgan fingerprint density at radius 3 is 2.60 bits per heavy atom. The van der Waals surface area contributed by atoms with Crippen molar-refractivity contribution in [3.8, 4) is 5.75 Å². The summed E-state index contributed by atoms with van der Waals surface area (Å²) in [5.41, 5.74) is 1.26. The van der Waals surface area contributed by atoms with Crippen LogP contribution in [-0.2, 0) is 6.61 Å². The van der Waals surface area contributed by atoms with Crippen molar-refractivity contribution in [1.29, 1.82) is 0 Å². The molecule has 0 saturated heterocycles. The average Bonchev–Trinajstić information content (AvgIpc) is 2.38. The second-order valence-electron chi connectivity index (χ2n) is 4.38. The molecule has 0 spiro atoms. The number of benzene rings is 2. The third-order valence-electron chi connectivity index (χ3n) is 2.82. The van der Waals surface area contributed by atoms with Crippen LogP contribution < -0.4 is 4.74 Å². The van der Waals surface area contributed by atoms with Gasteiger partial charge in [0, 0.05) is 16.1 Å². The van der Waals surface area contributed by atoms with Crippen LogP contribution in [0.4, 0.5) is 4.39 Å². The summed E-state index contributed by atoms with van der Waals surface area (Å²) in [6.45, 7) is 1.81. The van der Waals surface area contributed by atoms with Crippen LogP contribution in [0.5, 0.6) is 5.75 Å². The molecule has 0 bridgehead atoms. The summed E-state index contributed by atoms with van der Waals surface area (Å²) in [6, 6.07) is 9.13. The molecule has 0 aliphatic carbocycles. The molecular weight excluding hydrogens is 302 g/mol. The van der Waals surface area contributed by atoms with Crippen LogP contribution >= 0.6 is 23.2 Å². The van der Waals surface area contributed by atoms with Crippen LogP contribution in [0.3, 0.4) is 0 Å². The Kier molecular flexibility index (Phi) is 4.86. The van der Waals surface area contributed by atoms with Crippen molar-refractivity contribution in [2.24, 2.45) is 0 Å². The first-order valence-corrected chi connectivity index (χ1v) is 6.77. The van der Waals surface area contributed by atoms with Gasteiger partial charge in [-0.2, -0.15) is 0 Å². The van der Waals surface area contributed by atoms with E-state index in [2.05, 4.69) is 0 Å². The quantitative estimate of drug-likeness (QED) is 0.881. The van der Waals surface area contributed by atoms with Gasteiger partial charge in [0.1, 0.15) is 18.2 Å². The minimum absolute atomic E-state index is 0.181. The first kappa shape index (κ1) is 15.1. The smallest absolute Gasteiger partial charge is 0.125 e. The summed E-state index contributed by atoms with van der Waals surface area (Å²) in [6.07, 6.45) is -0.701. The second-order valence-corrected chi connectivity index (χ2v) is 5.23. The monoisotopic (exact) mass is 314 g/mol. The van der Waals surface area contributed by atoms with Crippen molar-refractivity contribution >= 4 is 23.2 Å². The summed E-state index contributed by atoms with van der Waals surface area (Å²) in [4.78, 5) is 0. The predicted octanol–water partition coefficient (Wildman–Crippen LogP) is 4.76. The van der Waals surface area contributed by atoms with Crippen LogP contribution in [0.15, 0.2) is 36.4 Å². The molecule has 5 heteroatoms. The molecule has 2 nitrogen and oxygen atoms in total. The molecule has 0 radical (unpaired) electrons. The Balaban J connectivity index is 2.18. The Hall–Kier alpha value is -1.29. The average molecular weight is 315 g/mol. The lowest BCUT2D eigenvalue weighted by Gasteiger charge is -2.14. The van der Waals surface area contributed by atoms with Crippen LogP contribution in [0.1, 0.15) is 24.2 Å². The molecule has 2 aromatic rings. The number of aliphatic hydroxyl groups excluding tert-OH is 1. The highest BCUT2D eigenvalue weighted by Gasteiger charge is 2.11. The van der Waals surface area contributed by atoms with Gasteiger partial charge in [0.2, 0.25) is 0 Å². The normalized spacial score (nSPS) is 12.2. The minimum Gasteiger partial charge on any atom is -0.488 e. The van der Waals surface area contributed by atoms with Crippen LogP contribution in [0.25, 0.3) is 0 Å². The van der Waals surface area contributed by atoms with E-state index in [4.69, 9.17) is 27.9 Å². The van der Waals surface area contributed by atoms with Gasteiger partial charge < -0.3 is 9.84 Å². The van der Waals surface area contributed by atoms with E-state index in [-0.39, 0.29) is 6.61 Å². The fraction of sp³-hybridized carbons (Fsp3) is 0.200. The van der Waals surface area contributed by atoms with Crippen LogP contribution in [0.2, 0.25) is 10.0 Å². The van der Waals surface area contributed by atoms with E-state index >= 15 is 0 Å². The number of ether oxygens (including phenoxy) is 1. The highest BCUT2D eigenvalue weighted by atomic mass is 35.5. The standard InChI is InChI=1S/C15H13Cl2FO2/c1-9(19)13-6-11(16)3-5-15(13)20-8-10-2-4-12(18)7-14(10)17/h2-7,9,19H,8H2,1H3. The lowest BCUT2D eigenvalue weighted by atomic mass is 10.1. The zero-order valence-electron chi connectivity index (χ0n) is 10.7. The molecule has 0 aromatic heterocycles. The minimum atomic E-state index is -0.701. The third-order valence-corrected chi connectivity index (χ3v) is 3.41. The maximum absolute atomic E-state index is 13.0. The fourth-order valence-corrected chi connectivity index (χ4v) is 2.17. The van der Waals surface area contributed by atoms with E-state index in [1.54, 1.807) is 31.2 Å². The Labute approximate surface area is 126 Å². The van der Waals surface area contributed by atoms with Gasteiger partial charge in [-0.1, -0.05) is 29.3 Å². The van der Waals surface area contributed by atoms with Gasteiger partial charge in [0.25, 0.3) is 0 Å². The topological polar surface area (TPSA) is 29.5 Å². The highest BCUT2D eigenvalue weighted by molar-refractivity contribution is 6.31. The van der Waals surface area contributed by atoms with Gasteiger partial charge in [-0.3, -0.25) is 0 Å². The van der Waals surface area contributed by atoms with Crippen molar-refractivity contribution in [3.05, 3.63) is 63.4 Å². The van der Waals surface area contributed by atoms with Crippen molar-refractivity contribution in [2.75, 3.05) is 0 Å². The summed E-state index contributed by atoms with van der Waals surface area (Å²) < 4.78 is 18.6. The van der Waals surface area contributed by atoms with Crippen LogP contribution in [0, 0.1) is 5.82 Å². The number of rotatable bonds is 4. The van der Waals surface area contributed by atoms with Gasteiger partial charge in [-0.25, -0.2) is 4.39 Å². The summed E-state index contributed by atoms with van der Waals surface area (Å²) in [5.74, 6) is 0.125. The zero-order chi connectivity index (χ0) is 14.7. The number of hydrogen-bond donors (Lipinski definition) is 1. The zero-order valence-corrected chi connectivity index (χ0v) is 12.2. The lowest BCUT2D eigenvalue weighted by molar-refractivity contribution is 0.190. The molecule has 0 amide bonds. The molecule has 2 aromatic carbocycles. The van der Waals surface area contributed by atoms with Crippen molar-refractivity contribution in [1.82, 2.24) is 0 Å². The molecule has 1 unspecified atom stereocenters. The molecule has 1 N–H and O–H groups in total. The van der Waals surface area contributed by atoms with Crippen molar-refractivity contribution < 1.29 is 14.2 Å². The second kappa shape index (κ2) is 6.44. The summed E-state index contributed by atoms with van der Waals surface area (Å²) in [5, 5.41) is 10.5. The van der Waals surface area contributed by atoms with Gasteiger partial charge in [-0.15, -0.1) is 0 Å². The van der Waals surface area contributed by atoms with E-state index in [0.717, 1.165) is 0 Å². The molecule has 0 saturated carbocycles. The highest BCUT2D eigenvalue weighted by Crippen LogP contribution is 2.29. The first-order chi connectivity index (χ1) is 9.47. The largest absolute Gasteiger partial charge is 0.488 e. The predicted molar refractivity (Wildman–Crippen MR) is 77.8 cm³/mol. The summed E-state index contributed by atoms with van der Waals surface area (Å²) >= 11 is 11.8. The van der Waals surface area contributed by atoms with Gasteiger partial charge >= 0.3 is 0 Å². The van der Waals surface area contributed by atoms with E-state index in [9.17, 15) is 9.50 Å². The molecule has 1 atom stereocenters. The van der Waals surface area contributed by atoms with E-state index in [0.29, 0.717) is 26.9 Å². The number of hydrogen-bond acceptors (Lipinski definition) is 2. The molecular formula is C15H13Cl2FO2. The summed E-state index contributed by atoms with van der Waals surface area (Å²) in [7, 11) is 0. The lowest BCUT2D eigenvalue weighted by Crippen LogP contribution is -2.01. The van der Waals surface area contributed by atoms with E-state index in [1.165, 1.54) is 12.1 Å². The van der Waals surface area contributed by atoms with Gasteiger partial charge in [0.05, 0.1) is 11.1 Å². The molecule has 0 aliphatic rings. The van der Waals surface area contributed by atoms with Gasteiger partial charge in [-0.05, 0) is 37.3 Å². The molecule has 0 aliphatic heterocycles. The van der Waals surface area contributed by atoms with Crippen molar-refractivity contribution in [2.45, 2.75) is 19.6 Å². The fourth-order valence-electron chi connectivity index (χ4n) is 1.77. The SMILES string of the molecule is CC(O)c1cc(Cl)ccc1OCc1ccc(F)cc1Cl.